The lowest BCUT2D eigenvalue weighted by Crippen LogP contribution is -2.14. The van der Waals surface area contributed by atoms with Crippen LogP contribution in [-0.2, 0) is 16.0 Å². The van der Waals surface area contributed by atoms with Crippen LogP contribution in [0.15, 0.2) is 51.2 Å². The molecule has 0 saturated carbocycles. The van der Waals surface area contributed by atoms with Gasteiger partial charge in [-0.05, 0) is 36.4 Å². The maximum absolute atomic E-state index is 13.1. The van der Waals surface area contributed by atoms with Crippen LogP contribution in [0, 0.1) is 0 Å². The van der Waals surface area contributed by atoms with Gasteiger partial charge in [-0.15, -0.1) is 11.6 Å². The van der Waals surface area contributed by atoms with Gasteiger partial charge >= 0.3 is 6.18 Å². The monoisotopic (exact) mass is 444 g/mol. The lowest BCUT2D eigenvalue weighted by molar-refractivity contribution is -0.137. The zero-order valence-electron chi connectivity index (χ0n) is 12.7. The molecule has 0 aliphatic heterocycles. The third kappa shape index (κ3) is 4.43. The van der Waals surface area contributed by atoms with E-state index in [1.807, 2.05) is 0 Å². The Hall–Kier alpha value is -1.48. The molecule has 0 spiro atoms. The van der Waals surface area contributed by atoms with E-state index in [9.17, 15) is 21.6 Å². The number of benzene rings is 2. The minimum Gasteiger partial charge on any atom is -0.386 e. The van der Waals surface area contributed by atoms with Gasteiger partial charge in [-0.2, -0.15) is 13.2 Å². The summed E-state index contributed by atoms with van der Waals surface area (Å²) in [6.45, 7) is 0. The number of hydrogen-bond acceptors (Lipinski definition) is 3. The Morgan fingerprint density at radius 1 is 1.12 bits per heavy atom. The fraction of sp³-hybridized carbons (Fsp3) is 0.133. The summed E-state index contributed by atoms with van der Waals surface area (Å²) in [4.78, 5) is 2.97. The molecule has 0 bridgehead atoms. The van der Waals surface area contributed by atoms with E-state index >= 15 is 0 Å². The number of nitrogens with two attached hydrogens (primary N) is 1. The van der Waals surface area contributed by atoms with Gasteiger partial charge in [-0.3, -0.25) is 0 Å². The average molecular weight is 446 g/mol. The normalized spacial score (nSPS) is 13.1. The molecule has 0 saturated heterocycles. The smallest absolute Gasteiger partial charge is 0.386 e. The number of rotatable bonds is 4. The van der Waals surface area contributed by atoms with E-state index in [1.54, 1.807) is 0 Å². The molecule has 140 valence electrons. The zero-order chi connectivity index (χ0) is 19.7. The summed E-state index contributed by atoms with van der Waals surface area (Å²) in [5.41, 5.74) is 3.71. The van der Waals surface area contributed by atoms with Gasteiger partial charge in [0, 0.05) is 5.02 Å². The molecule has 0 fully saturated rings. The summed E-state index contributed by atoms with van der Waals surface area (Å²) >= 11 is 16.9. The number of aliphatic imine (C=N–C) groups is 1. The maximum atomic E-state index is 13.1. The Kier molecular flexibility index (Phi) is 6.12. The molecule has 0 heterocycles. The predicted octanol–water partition coefficient (Wildman–Crippen LogP) is 5.07. The third-order valence-electron chi connectivity index (χ3n) is 3.17. The van der Waals surface area contributed by atoms with Crippen LogP contribution in [0.1, 0.15) is 5.56 Å². The van der Waals surface area contributed by atoms with Gasteiger partial charge in [0.1, 0.15) is 5.84 Å². The number of sulfone groups is 1. The molecule has 4 nitrogen and oxygen atoms in total. The van der Waals surface area contributed by atoms with E-state index in [1.165, 1.54) is 24.3 Å². The summed E-state index contributed by atoms with van der Waals surface area (Å²) < 4.78 is 64.9. The molecule has 2 N–H and O–H groups in total. The van der Waals surface area contributed by atoms with Crippen molar-refractivity contribution in [1.29, 1.82) is 0 Å². The van der Waals surface area contributed by atoms with Crippen molar-refractivity contribution < 1.29 is 21.6 Å². The van der Waals surface area contributed by atoms with Crippen LogP contribution in [0.4, 0.5) is 18.9 Å². The van der Waals surface area contributed by atoms with Gasteiger partial charge in [0.2, 0.25) is 9.84 Å². The molecule has 0 aliphatic carbocycles. The highest BCUT2D eigenvalue weighted by atomic mass is 35.5. The topological polar surface area (TPSA) is 72.5 Å². The Morgan fingerprint density at radius 2 is 1.69 bits per heavy atom. The summed E-state index contributed by atoms with van der Waals surface area (Å²) in [5, 5.41) is -0.493. The second-order valence-corrected chi connectivity index (χ2v) is 8.02. The minimum absolute atomic E-state index is 0.196. The highest BCUT2D eigenvalue weighted by Gasteiger charge is 2.35. The SMILES string of the molecule is NC(CCl)=Nc1cc(C(F)(F)F)c(Cl)cc1S(=O)(=O)c1ccc(Cl)cc1. The van der Waals surface area contributed by atoms with Crippen LogP contribution >= 0.6 is 34.8 Å². The van der Waals surface area contributed by atoms with Crippen molar-refractivity contribution in [3.05, 3.63) is 52.0 Å². The number of hydrogen-bond donors (Lipinski definition) is 1. The molecule has 2 rings (SSSR count). The first-order valence-electron chi connectivity index (χ1n) is 6.77. The first-order valence-corrected chi connectivity index (χ1v) is 9.54. The Balaban J connectivity index is 2.78. The maximum Gasteiger partial charge on any atom is 0.417 e. The number of halogens is 6. The molecule has 0 aromatic heterocycles. The molecular weight excluding hydrogens is 436 g/mol. The van der Waals surface area contributed by atoms with Gasteiger partial charge in [0.15, 0.2) is 0 Å². The van der Waals surface area contributed by atoms with Crippen LogP contribution in [0.3, 0.4) is 0 Å². The largest absolute Gasteiger partial charge is 0.417 e. The van der Waals surface area contributed by atoms with E-state index in [0.29, 0.717) is 17.2 Å². The number of amidine groups is 1. The second-order valence-electron chi connectivity index (χ2n) is 4.99. The zero-order valence-corrected chi connectivity index (χ0v) is 15.8. The highest BCUT2D eigenvalue weighted by molar-refractivity contribution is 7.91. The fourth-order valence-electron chi connectivity index (χ4n) is 1.99. The summed E-state index contributed by atoms with van der Waals surface area (Å²) in [6.07, 6.45) is -4.81. The highest BCUT2D eigenvalue weighted by Crippen LogP contribution is 2.41. The average Bonchev–Trinajstić information content (AvgIpc) is 2.55. The van der Waals surface area contributed by atoms with E-state index in [4.69, 9.17) is 40.5 Å². The molecule has 0 aliphatic rings. The van der Waals surface area contributed by atoms with Gasteiger partial charge in [-0.25, -0.2) is 13.4 Å². The summed E-state index contributed by atoms with van der Waals surface area (Å²) in [5.74, 6) is -0.556. The standard InChI is InChI=1S/C15H10Cl3F3N2O2S/c16-7-14(22)23-12-5-10(15(19,20)21)11(18)6-13(12)26(24,25)9-3-1-8(17)2-4-9/h1-6H,7H2,(H2,22,23). The van der Waals surface area contributed by atoms with Gasteiger partial charge in [0.05, 0.1) is 31.9 Å². The summed E-state index contributed by atoms with van der Waals surface area (Å²) in [7, 11) is -4.24. The molecule has 0 unspecified atom stereocenters. The van der Waals surface area contributed by atoms with E-state index < -0.39 is 37.2 Å². The van der Waals surface area contributed by atoms with Gasteiger partial charge in [0.25, 0.3) is 0 Å². The predicted molar refractivity (Wildman–Crippen MR) is 95.4 cm³/mol. The molecule has 11 heteroatoms. The Morgan fingerprint density at radius 3 is 2.19 bits per heavy atom. The van der Waals surface area contributed by atoms with Crippen LogP contribution in [-0.4, -0.2) is 20.1 Å². The van der Waals surface area contributed by atoms with Crippen molar-refractivity contribution in [2.45, 2.75) is 16.0 Å². The lowest BCUT2D eigenvalue weighted by atomic mass is 10.2. The van der Waals surface area contributed by atoms with Crippen LogP contribution < -0.4 is 5.73 Å². The van der Waals surface area contributed by atoms with E-state index in [0.717, 1.165) is 0 Å². The van der Waals surface area contributed by atoms with Crippen molar-refractivity contribution in [3.8, 4) is 0 Å². The summed E-state index contributed by atoms with van der Waals surface area (Å²) in [6, 6.07) is 6.29. The molecule has 26 heavy (non-hydrogen) atoms. The van der Waals surface area contributed by atoms with Gasteiger partial charge < -0.3 is 5.73 Å². The second kappa shape index (κ2) is 7.64. The Labute approximate surface area is 162 Å². The number of nitrogens with zero attached hydrogens (tertiary/aromatic N) is 1. The van der Waals surface area contributed by atoms with Crippen LogP contribution in [0.2, 0.25) is 10.0 Å². The fourth-order valence-corrected chi connectivity index (χ4v) is 3.91. The molecular formula is C15H10Cl3F3N2O2S. The van der Waals surface area contributed by atoms with Crippen LogP contribution in [0.5, 0.6) is 0 Å². The number of alkyl halides is 4. The molecule has 0 radical (unpaired) electrons. The van der Waals surface area contributed by atoms with Gasteiger partial charge in [-0.1, -0.05) is 23.2 Å². The van der Waals surface area contributed by atoms with Crippen molar-refractivity contribution >= 4 is 56.2 Å². The molecule has 2 aromatic carbocycles. The molecule has 2 aromatic rings. The van der Waals surface area contributed by atoms with Crippen molar-refractivity contribution in [1.82, 2.24) is 0 Å². The van der Waals surface area contributed by atoms with E-state index in [-0.39, 0.29) is 16.6 Å². The first-order chi connectivity index (χ1) is 12.0. The van der Waals surface area contributed by atoms with Crippen molar-refractivity contribution in [2.75, 3.05) is 5.88 Å². The molecule has 0 atom stereocenters. The Bertz CT molecular complexity index is 959. The third-order valence-corrected chi connectivity index (χ3v) is 5.81. The van der Waals surface area contributed by atoms with Crippen molar-refractivity contribution in [3.63, 3.8) is 0 Å². The molecule has 0 amide bonds. The first kappa shape index (κ1) is 20.8. The minimum atomic E-state index is -4.81. The van der Waals surface area contributed by atoms with E-state index in [2.05, 4.69) is 4.99 Å². The van der Waals surface area contributed by atoms with Crippen molar-refractivity contribution in [2.24, 2.45) is 10.7 Å². The quantitative estimate of drug-likeness (QED) is 0.405. The lowest BCUT2D eigenvalue weighted by Gasteiger charge is -2.14. The van der Waals surface area contributed by atoms with Crippen LogP contribution in [0.25, 0.3) is 0 Å².